The fourth-order valence-electron chi connectivity index (χ4n) is 5.97. The molecule has 0 aromatic heterocycles. The minimum absolute atomic E-state index is 0.0492. The first-order valence-corrected chi connectivity index (χ1v) is 21.2. The van der Waals surface area contributed by atoms with Crippen LogP contribution < -0.4 is 0 Å². The van der Waals surface area contributed by atoms with Crippen molar-refractivity contribution < 1.29 is 38.2 Å². The number of allylic oxidation sites excluding steroid dienone is 8. The van der Waals surface area contributed by atoms with Crippen molar-refractivity contribution in [2.24, 2.45) is 0 Å². The van der Waals surface area contributed by atoms with Gasteiger partial charge in [-0.25, -0.2) is 4.79 Å². The maximum absolute atomic E-state index is 12.7. The molecule has 0 radical (unpaired) electrons. The van der Waals surface area contributed by atoms with Crippen LogP contribution in [0, 0.1) is 0 Å². The second-order valence-corrected chi connectivity index (χ2v) is 15.3. The number of aliphatic carboxylic acids is 1. The number of unbranched alkanes of at least 4 members (excludes halogenated alkanes) is 17. The lowest BCUT2D eigenvalue weighted by atomic mass is 10.1. The average molecular weight is 747 g/mol. The molecule has 8 heteroatoms. The predicted octanol–water partition coefficient (Wildman–Crippen LogP) is 11.2. The van der Waals surface area contributed by atoms with Crippen LogP contribution in [0.1, 0.15) is 168 Å². The van der Waals surface area contributed by atoms with Gasteiger partial charge in [0, 0.05) is 19.3 Å². The van der Waals surface area contributed by atoms with Gasteiger partial charge in [-0.3, -0.25) is 9.59 Å². The predicted molar refractivity (Wildman–Crippen MR) is 220 cm³/mol. The Bertz CT molecular complexity index is 1010. The summed E-state index contributed by atoms with van der Waals surface area (Å²) < 4.78 is 17.2. The molecular weight excluding hydrogens is 666 g/mol. The first-order valence-electron chi connectivity index (χ1n) is 21.2. The number of esters is 2. The molecule has 0 spiro atoms. The van der Waals surface area contributed by atoms with Crippen LogP contribution in [-0.4, -0.2) is 80.6 Å². The van der Waals surface area contributed by atoms with Crippen LogP contribution in [0.15, 0.2) is 48.6 Å². The topological polar surface area (TPSA) is 99.1 Å². The molecule has 0 heterocycles. The second-order valence-electron chi connectivity index (χ2n) is 15.3. The average Bonchev–Trinajstić information content (AvgIpc) is 3.11. The first kappa shape index (κ1) is 50.3. The summed E-state index contributed by atoms with van der Waals surface area (Å²) in [5.41, 5.74) is 0. The van der Waals surface area contributed by atoms with E-state index in [4.69, 9.17) is 14.2 Å². The fraction of sp³-hybridized carbons (Fsp3) is 0.756. The van der Waals surface area contributed by atoms with E-state index in [9.17, 15) is 19.5 Å². The number of carboxylic acid groups (broad SMARTS) is 1. The van der Waals surface area contributed by atoms with Crippen molar-refractivity contribution in [2.45, 2.75) is 180 Å². The number of carbonyl (C=O) groups excluding carboxylic acids is 2. The van der Waals surface area contributed by atoms with E-state index in [1.54, 1.807) is 0 Å². The summed E-state index contributed by atoms with van der Waals surface area (Å²) in [4.78, 5) is 36.9. The van der Waals surface area contributed by atoms with E-state index < -0.39 is 18.1 Å². The largest absolute Gasteiger partial charge is 0.477 e. The van der Waals surface area contributed by atoms with Crippen molar-refractivity contribution in [1.82, 2.24) is 0 Å². The third-order valence-electron chi connectivity index (χ3n) is 9.27. The van der Waals surface area contributed by atoms with E-state index in [0.717, 1.165) is 77.0 Å². The Morgan fingerprint density at radius 1 is 0.585 bits per heavy atom. The lowest BCUT2D eigenvalue weighted by Gasteiger charge is -2.31. The molecule has 0 saturated carbocycles. The Morgan fingerprint density at radius 3 is 1.60 bits per heavy atom. The summed E-state index contributed by atoms with van der Waals surface area (Å²) >= 11 is 0. The van der Waals surface area contributed by atoms with Gasteiger partial charge < -0.3 is 23.8 Å². The summed E-state index contributed by atoms with van der Waals surface area (Å²) in [6.07, 6.45) is 41.5. The quantitative estimate of drug-likeness (QED) is 0.0222. The van der Waals surface area contributed by atoms with Gasteiger partial charge in [-0.05, 0) is 57.8 Å². The smallest absolute Gasteiger partial charge is 0.362 e. The molecule has 0 bridgehead atoms. The van der Waals surface area contributed by atoms with Gasteiger partial charge in [0.2, 0.25) is 0 Å². The summed E-state index contributed by atoms with van der Waals surface area (Å²) in [6.45, 7) is 4.56. The zero-order valence-electron chi connectivity index (χ0n) is 34.7. The van der Waals surface area contributed by atoms with Crippen LogP contribution >= 0.6 is 0 Å². The zero-order chi connectivity index (χ0) is 39.3. The van der Waals surface area contributed by atoms with Crippen molar-refractivity contribution in [3.05, 3.63) is 48.6 Å². The number of carbonyl (C=O) groups is 3. The number of carboxylic acids is 1. The van der Waals surface area contributed by atoms with Crippen LogP contribution in [-0.2, 0) is 28.6 Å². The highest BCUT2D eigenvalue weighted by atomic mass is 16.6. The Hall–Kier alpha value is -2.71. The van der Waals surface area contributed by atoms with Gasteiger partial charge >= 0.3 is 17.9 Å². The minimum Gasteiger partial charge on any atom is -0.477 e. The Labute approximate surface area is 325 Å². The second kappa shape index (κ2) is 36.3. The maximum Gasteiger partial charge on any atom is 0.362 e. The highest BCUT2D eigenvalue weighted by Gasteiger charge is 2.31. The maximum atomic E-state index is 12.7. The molecule has 2 unspecified atom stereocenters. The normalized spacial score (nSPS) is 13.5. The van der Waals surface area contributed by atoms with Gasteiger partial charge in [0.25, 0.3) is 0 Å². The number of rotatable bonds is 37. The van der Waals surface area contributed by atoms with Gasteiger partial charge in [-0.1, -0.05) is 140 Å². The first-order chi connectivity index (χ1) is 25.6. The number of hydrogen-bond donors (Lipinski definition) is 1. The lowest BCUT2D eigenvalue weighted by Crippen LogP contribution is -2.50. The summed E-state index contributed by atoms with van der Waals surface area (Å²) in [5.74, 6) is -1.51. The standard InChI is InChI=1S/C45H79NO7/c1-6-8-10-12-14-16-18-20-21-22-24-25-27-29-31-33-35-43(47)52-40-41(39-51-38-37-42(45(49)50)46(3,4)5)53-44(48)36-34-32-30-28-26-23-19-17-15-13-11-9-7-2/h9,11,13,15,17,19,21-22,41-42H,6-8,10,12,14,16,18,20,23-40H2,1-5H3/p+1/b11-9+,15-13+,19-17+,22-21+. The number of quaternary nitrogens is 1. The molecule has 2 atom stereocenters. The van der Waals surface area contributed by atoms with Crippen LogP contribution in [0.3, 0.4) is 0 Å². The van der Waals surface area contributed by atoms with Crippen molar-refractivity contribution in [1.29, 1.82) is 0 Å². The molecule has 0 saturated heterocycles. The highest BCUT2D eigenvalue weighted by Crippen LogP contribution is 2.13. The minimum atomic E-state index is -0.881. The van der Waals surface area contributed by atoms with Crippen molar-refractivity contribution in [3.8, 4) is 0 Å². The Balaban J connectivity index is 4.40. The molecule has 0 rings (SSSR count). The molecule has 0 fully saturated rings. The van der Waals surface area contributed by atoms with E-state index in [0.29, 0.717) is 19.3 Å². The molecule has 1 N–H and O–H groups in total. The lowest BCUT2D eigenvalue weighted by molar-refractivity contribution is -0.887. The molecule has 0 amide bonds. The van der Waals surface area contributed by atoms with Crippen LogP contribution in [0.4, 0.5) is 0 Å². The monoisotopic (exact) mass is 747 g/mol. The van der Waals surface area contributed by atoms with E-state index in [1.165, 1.54) is 57.8 Å². The van der Waals surface area contributed by atoms with Crippen LogP contribution in [0.5, 0.6) is 0 Å². The Kier molecular flexibility index (Phi) is 34.4. The molecule has 0 aliphatic heterocycles. The molecule has 53 heavy (non-hydrogen) atoms. The number of nitrogens with zero attached hydrogens (tertiary/aromatic N) is 1. The van der Waals surface area contributed by atoms with E-state index in [2.05, 4.69) is 56.4 Å². The summed E-state index contributed by atoms with van der Waals surface area (Å²) in [6, 6.07) is -0.620. The molecule has 0 aliphatic carbocycles. The van der Waals surface area contributed by atoms with Gasteiger partial charge in [0.1, 0.15) is 6.61 Å². The summed E-state index contributed by atoms with van der Waals surface area (Å²) in [5, 5.41) is 9.60. The highest BCUT2D eigenvalue weighted by molar-refractivity contribution is 5.72. The van der Waals surface area contributed by atoms with E-state index in [-0.39, 0.29) is 36.2 Å². The van der Waals surface area contributed by atoms with Gasteiger partial charge in [-0.15, -0.1) is 0 Å². The molecular formula is C45H80NO7+. The zero-order valence-corrected chi connectivity index (χ0v) is 34.7. The SMILES string of the molecule is CC/C=C/C=C/C=C/CCCCCCCC(=O)OC(COCCC(C(=O)O)[N+](C)(C)C)COC(=O)CCCCCCC/C=C/CCCCCCCCC. The van der Waals surface area contributed by atoms with Crippen molar-refractivity contribution >= 4 is 17.9 Å². The Morgan fingerprint density at radius 2 is 1.08 bits per heavy atom. The van der Waals surface area contributed by atoms with Crippen LogP contribution in [0.25, 0.3) is 0 Å². The van der Waals surface area contributed by atoms with Crippen LogP contribution in [0.2, 0.25) is 0 Å². The van der Waals surface area contributed by atoms with Gasteiger partial charge in [-0.2, -0.15) is 0 Å². The van der Waals surface area contributed by atoms with Gasteiger partial charge in [0.15, 0.2) is 12.1 Å². The third-order valence-corrected chi connectivity index (χ3v) is 9.27. The number of likely N-dealkylation sites (N-methyl/N-ethyl adjacent to an activating group) is 1. The van der Waals surface area contributed by atoms with E-state index >= 15 is 0 Å². The molecule has 0 aromatic carbocycles. The molecule has 0 aliphatic rings. The van der Waals surface area contributed by atoms with Gasteiger partial charge in [0.05, 0.1) is 34.4 Å². The van der Waals surface area contributed by atoms with E-state index in [1.807, 2.05) is 27.2 Å². The van der Waals surface area contributed by atoms with Crippen molar-refractivity contribution in [2.75, 3.05) is 41.0 Å². The molecule has 306 valence electrons. The number of hydrogen-bond acceptors (Lipinski definition) is 6. The fourth-order valence-corrected chi connectivity index (χ4v) is 5.97. The summed E-state index contributed by atoms with van der Waals surface area (Å²) in [7, 11) is 5.51. The number of ether oxygens (including phenoxy) is 3. The third kappa shape index (κ3) is 34.8. The van der Waals surface area contributed by atoms with Crippen molar-refractivity contribution in [3.63, 3.8) is 0 Å². The molecule has 0 aromatic rings. The molecule has 8 nitrogen and oxygen atoms in total.